The van der Waals surface area contributed by atoms with Crippen molar-refractivity contribution in [2.45, 2.75) is 25.3 Å². The van der Waals surface area contributed by atoms with Crippen molar-refractivity contribution in [1.29, 1.82) is 0 Å². The quantitative estimate of drug-likeness (QED) is 0.845. The highest BCUT2D eigenvalue weighted by molar-refractivity contribution is 5.49. The molecule has 3 heterocycles. The van der Waals surface area contributed by atoms with Crippen LogP contribution in [-0.2, 0) is 4.74 Å². The maximum absolute atomic E-state index is 5.95. The van der Waals surface area contributed by atoms with Gasteiger partial charge in [0.05, 0.1) is 6.61 Å². The first-order valence-electron chi connectivity index (χ1n) is 9.34. The molecule has 3 aliphatic rings. The van der Waals surface area contributed by atoms with Crippen LogP contribution in [0.15, 0.2) is 18.2 Å². The minimum absolute atomic E-state index is 0.463. The molecule has 0 radical (unpaired) electrons. The number of para-hydroxylation sites is 1. The van der Waals surface area contributed by atoms with Crippen molar-refractivity contribution < 1.29 is 14.2 Å². The summed E-state index contributed by atoms with van der Waals surface area (Å²) in [6.45, 7) is 8.76. The largest absolute Gasteiger partial charge is 0.486 e. The molecule has 1 aromatic carbocycles. The second-order valence-corrected chi connectivity index (χ2v) is 6.87. The highest BCUT2D eigenvalue weighted by Gasteiger charge is 2.30. The average Bonchev–Trinajstić information content (AvgIpc) is 2.94. The summed E-state index contributed by atoms with van der Waals surface area (Å²) in [5.74, 6) is 1.89. The van der Waals surface area contributed by atoms with Crippen molar-refractivity contribution in [3.05, 3.63) is 23.8 Å². The molecule has 0 spiro atoms. The van der Waals surface area contributed by atoms with Gasteiger partial charge in [-0.1, -0.05) is 12.1 Å². The zero-order valence-corrected chi connectivity index (χ0v) is 14.4. The number of benzene rings is 1. The fourth-order valence-corrected chi connectivity index (χ4v) is 4.10. The molecule has 5 heteroatoms. The van der Waals surface area contributed by atoms with Crippen LogP contribution in [-0.4, -0.2) is 69.0 Å². The number of hydrogen-bond acceptors (Lipinski definition) is 5. The van der Waals surface area contributed by atoms with Crippen LogP contribution in [0.3, 0.4) is 0 Å². The highest BCUT2D eigenvalue weighted by atomic mass is 16.6. The lowest BCUT2D eigenvalue weighted by Gasteiger charge is -2.30. The van der Waals surface area contributed by atoms with Gasteiger partial charge in [-0.15, -0.1) is 0 Å². The van der Waals surface area contributed by atoms with E-state index in [0.717, 1.165) is 57.3 Å². The first kappa shape index (κ1) is 16.2. The van der Waals surface area contributed by atoms with Crippen LogP contribution in [0.5, 0.6) is 11.5 Å². The fraction of sp³-hybridized carbons (Fsp3) is 0.684. The minimum Gasteiger partial charge on any atom is -0.486 e. The summed E-state index contributed by atoms with van der Waals surface area (Å²) in [5.41, 5.74) is 1.31. The molecule has 2 saturated heterocycles. The maximum Gasteiger partial charge on any atom is 0.166 e. The number of ether oxygens (including phenoxy) is 3. The van der Waals surface area contributed by atoms with E-state index in [2.05, 4.69) is 21.9 Å². The Morgan fingerprint density at radius 2 is 1.88 bits per heavy atom. The molecule has 0 saturated carbocycles. The van der Waals surface area contributed by atoms with Crippen LogP contribution in [0.25, 0.3) is 0 Å². The third-order valence-electron chi connectivity index (χ3n) is 5.34. The molecule has 24 heavy (non-hydrogen) atoms. The summed E-state index contributed by atoms with van der Waals surface area (Å²) in [6, 6.07) is 6.81. The zero-order valence-electron chi connectivity index (χ0n) is 14.4. The summed E-state index contributed by atoms with van der Waals surface area (Å²) >= 11 is 0. The molecule has 1 aromatic rings. The van der Waals surface area contributed by atoms with Crippen LogP contribution < -0.4 is 9.47 Å². The van der Waals surface area contributed by atoms with Crippen molar-refractivity contribution in [3.63, 3.8) is 0 Å². The summed E-state index contributed by atoms with van der Waals surface area (Å²) in [7, 11) is 0. The molecule has 2 fully saturated rings. The molecule has 0 unspecified atom stereocenters. The molecular formula is C19H28N2O3. The molecule has 132 valence electrons. The van der Waals surface area contributed by atoms with Crippen molar-refractivity contribution in [2.24, 2.45) is 0 Å². The van der Waals surface area contributed by atoms with E-state index in [4.69, 9.17) is 14.2 Å². The predicted octanol–water partition coefficient (Wildman–Crippen LogP) is 2.32. The Labute approximate surface area is 144 Å². The van der Waals surface area contributed by atoms with Crippen LogP contribution >= 0.6 is 0 Å². The molecule has 0 N–H and O–H groups in total. The second kappa shape index (κ2) is 7.72. The number of likely N-dealkylation sites (tertiary alicyclic amines) is 1. The van der Waals surface area contributed by atoms with Crippen LogP contribution in [0.4, 0.5) is 0 Å². The molecule has 0 bridgehead atoms. The van der Waals surface area contributed by atoms with Gasteiger partial charge in [0.2, 0.25) is 0 Å². The van der Waals surface area contributed by atoms with E-state index < -0.39 is 0 Å². The van der Waals surface area contributed by atoms with E-state index >= 15 is 0 Å². The van der Waals surface area contributed by atoms with Gasteiger partial charge in [0.15, 0.2) is 11.5 Å². The van der Waals surface area contributed by atoms with Crippen molar-refractivity contribution in [3.8, 4) is 11.5 Å². The van der Waals surface area contributed by atoms with Crippen molar-refractivity contribution in [1.82, 2.24) is 9.80 Å². The lowest BCUT2D eigenvalue weighted by molar-refractivity contribution is 0.136. The molecule has 0 aromatic heterocycles. The molecule has 3 aliphatic heterocycles. The van der Waals surface area contributed by atoms with Gasteiger partial charge in [-0.2, -0.15) is 0 Å². The topological polar surface area (TPSA) is 34.2 Å². The van der Waals surface area contributed by atoms with Gasteiger partial charge in [-0.3, -0.25) is 9.80 Å². The van der Waals surface area contributed by atoms with Gasteiger partial charge in [-0.05, 0) is 31.9 Å². The number of nitrogens with zero attached hydrogens (tertiary/aromatic N) is 2. The third kappa shape index (κ3) is 3.53. The normalized spacial score (nSPS) is 25.6. The van der Waals surface area contributed by atoms with E-state index in [9.17, 15) is 0 Å². The summed E-state index contributed by atoms with van der Waals surface area (Å²) in [4.78, 5) is 5.17. The summed E-state index contributed by atoms with van der Waals surface area (Å²) in [5, 5.41) is 0. The van der Waals surface area contributed by atoms with E-state index in [1.54, 1.807) is 0 Å². The summed E-state index contributed by atoms with van der Waals surface area (Å²) < 4.78 is 17.3. The van der Waals surface area contributed by atoms with Crippen LogP contribution in [0, 0.1) is 0 Å². The van der Waals surface area contributed by atoms with E-state index in [1.807, 2.05) is 6.07 Å². The Hall–Kier alpha value is -1.30. The SMILES string of the molecule is c1cc2c(c([C@@H]3CCCN3CCN3CCCOCC3)c1)OCCO2. The molecule has 0 amide bonds. The lowest BCUT2D eigenvalue weighted by atomic mass is 10.0. The van der Waals surface area contributed by atoms with Crippen molar-refractivity contribution in [2.75, 3.05) is 59.2 Å². The van der Waals surface area contributed by atoms with Gasteiger partial charge in [-0.25, -0.2) is 0 Å². The van der Waals surface area contributed by atoms with Gasteiger partial charge in [0.1, 0.15) is 13.2 Å². The average molecular weight is 332 g/mol. The maximum atomic E-state index is 5.95. The first-order chi connectivity index (χ1) is 11.9. The smallest absolute Gasteiger partial charge is 0.166 e. The van der Waals surface area contributed by atoms with Crippen LogP contribution in [0.2, 0.25) is 0 Å². The van der Waals surface area contributed by atoms with Crippen LogP contribution in [0.1, 0.15) is 30.9 Å². The monoisotopic (exact) mass is 332 g/mol. The number of hydrogen-bond donors (Lipinski definition) is 0. The molecule has 1 atom stereocenters. The molecule has 5 nitrogen and oxygen atoms in total. The zero-order chi connectivity index (χ0) is 16.2. The molecular weight excluding hydrogens is 304 g/mol. The summed E-state index contributed by atoms with van der Waals surface area (Å²) in [6.07, 6.45) is 3.63. The number of rotatable bonds is 4. The standard InChI is InChI=1S/C19H28N2O3/c1-4-16(19-18(6-1)23-14-15-24-19)17-5-2-8-21(17)10-9-20-7-3-12-22-13-11-20/h1,4,6,17H,2-3,5,7-15H2/t17-/m0/s1. The second-order valence-electron chi connectivity index (χ2n) is 6.87. The van der Waals surface area contributed by atoms with Gasteiger partial charge in [0, 0.05) is 44.4 Å². The third-order valence-corrected chi connectivity index (χ3v) is 5.34. The number of fused-ring (bicyclic) bond motifs is 1. The van der Waals surface area contributed by atoms with Gasteiger partial charge in [0.25, 0.3) is 0 Å². The van der Waals surface area contributed by atoms with E-state index in [0.29, 0.717) is 19.3 Å². The van der Waals surface area contributed by atoms with Crippen molar-refractivity contribution >= 4 is 0 Å². The minimum atomic E-state index is 0.463. The van der Waals surface area contributed by atoms with E-state index in [1.165, 1.54) is 24.9 Å². The Balaban J connectivity index is 1.43. The van der Waals surface area contributed by atoms with Gasteiger partial charge >= 0.3 is 0 Å². The Bertz CT molecular complexity index is 543. The Morgan fingerprint density at radius 3 is 2.88 bits per heavy atom. The predicted molar refractivity (Wildman–Crippen MR) is 92.9 cm³/mol. The first-order valence-corrected chi connectivity index (χ1v) is 9.34. The molecule has 0 aliphatic carbocycles. The fourth-order valence-electron chi connectivity index (χ4n) is 4.10. The van der Waals surface area contributed by atoms with E-state index in [-0.39, 0.29) is 0 Å². The highest BCUT2D eigenvalue weighted by Crippen LogP contribution is 2.42. The molecule has 4 rings (SSSR count). The Kier molecular flexibility index (Phi) is 5.21. The lowest BCUT2D eigenvalue weighted by Crippen LogP contribution is -2.36. The Morgan fingerprint density at radius 1 is 0.917 bits per heavy atom. The van der Waals surface area contributed by atoms with Gasteiger partial charge < -0.3 is 14.2 Å².